The Balaban J connectivity index is 2.23. The average molecular weight is 262 g/mol. The van der Waals surface area contributed by atoms with Gasteiger partial charge in [-0.2, -0.15) is 18.2 Å². The molecule has 1 aromatic heterocycles. The highest BCUT2D eigenvalue weighted by molar-refractivity contribution is 5.68. The van der Waals surface area contributed by atoms with Gasteiger partial charge in [0.1, 0.15) is 17.6 Å². The van der Waals surface area contributed by atoms with Crippen molar-refractivity contribution in [2.24, 2.45) is 0 Å². The van der Waals surface area contributed by atoms with E-state index in [2.05, 4.69) is 15.3 Å². The molecular weight excluding hydrogens is 249 g/mol. The standard InChI is InChI=1S/C10H13F3N4O/c1-2-18-8-6(14)7(15-5-16-8)17-9(3-4-9)10(11,12)13/h5H,2-4,14H2,1H3,(H,15,16,17). The van der Waals surface area contributed by atoms with Gasteiger partial charge in [0.15, 0.2) is 5.82 Å². The fourth-order valence-corrected chi connectivity index (χ4v) is 1.56. The smallest absolute Gasteiger partial charge is 0.411 e. The van der Waals surface area contributed by atoms with E-state index in [0.717, 1.165) is 6.33 Å². The third-order valence-corrected chi connectivity index (χ3v) is 2.78. The van der Waals surface area contributed by atoms with Crippen LogP contribution in [0.2, 0.25) is 0 Å². The Kier molecular flexibility index (Phi) is 2.95. The molecule has 0 atom stereocenters. The molecule has 1 aliphatic rings. The van der Waals surface area contributed by atoms with Crippen molar-refractivity contribution in [1.82, 2.24) is 9.97 Å². The normalized spacial score (nSPS) is 17.3. The summed E-state index contributed by atoms with van der Waals surface area (Å²) in [5.74, 6) is 0.0521. The van der Waals surface area contributed by atoms with Crippen molar-refractivity contribution < 1.29 is 17.9 Å². The Bertz CT molecular complexity index is 445. The van der Waals surface area contributed by atoms with Crippen molar-refractivity contribution in [2.45, 2.75) is 31.5 Å². The van der Waals surface area contributed by atoms with E-state index in [9.17, 15) is 13.2 Å². The predicted octanol–water partition coefficient (Wildman–Crippen LogP) is 1.96. The number of nitrogens with two attached hydrogens (primary N) is 1. The Labute approximate surface area is 102 Å². The second kappa shape index (κ2) is 4.18. The maximum atomic E-state index is 12.8. The van der Waals surface area contributed by atoms with Gasteiger partial charge in [0.05, 0.1) is 6.61 Å². The maximum Gasteiger partial charge on any atom is 0.411 e. The zero-order chi connectivity index (χ0) is 13.4. The molecule has 1 fully saturated rings. The van der Waals surface area contributed by atoms with Crippen LogP contribution in [-0.2, 0) is 0 Å². The number of hydrogen-bond acceptors (Lipinski definition) is 5. The number of aromatic nitrogens is 2. The predicted molar refractivity (Wildman–Crippen MR) is 59.3 cm³/mol. The molecule has 18 heavy (non-hydrogen) atoms. The first kappa shape index (κ1) is 12.7. The third kappa shape index (κ3) is 2.14. The molecule has 3 N–H and O–H groups in total. The molecule has 0 bridgehead atoms. The molecule has 1 aliphatic carbocycles. The summed E-state index contributed by atoms with van der Waals surface area (Å²) in [5.41, 5.74) is 3.76. The molecule has 1 saturated carbocycles. The third-order valence-electron chi connectivity index (χ3n) is 2.78. The van der Waals surface area contributed by atoms with E-state index in [-0.39, 0.29) is 30.2 Å². The van der Waals surface area contributed by atoms with Crippen molar-refractivity contribution in [3.8, 4) is 5.88 Å². The molecule has 1 aromatic rings. The summed E-state index contributed by atoms with van der Waals surface area (Å²) in [6.07, 6.45) is -3.17. The summed E-state index contributed by atoms with van der Waals surface area (Å²) in [7, 11) is 0. The van der Waals surface area contributed by atoms with Gasteiger partial charge in [-0.05, 0) is 19.8 Å². The maximum absolute atomic E-state index is 12.8. The van der Waals surface area contributed by atoms with Gasteiger partial charge in [-0.25, -0.2) is 4.98 Å². The minimum absolute atomic E-state index is 0.00475. The van der Waals surface area contributed by atoms with Crippen molar-refractivity contribution in [3.63, 3.8) is 0 Å². The Morgan fingerprint density at radius 1 is 1.44 bits per heavy atom. The summed E-state index contributed by atoms with van der Waals surface area (Å²) >= 11 is 0. The summed E-state index contributed by atoms with van der Waals surface area (Å²) in [6.45, 7) is 2.05. The minimum Gasteiger partial charge on any atom is -0.476 e. The summed E-state index contributed by atoms with van der Waals surface area (Å²) in [6, 6.07) is 0. The average Bonchev–Trinajstić information content (AvgIpc) is 3.04. The van der Waals surface area contributed by atoms with E-state index in [4.69, 9.17) is 10.5 Å². The van der Waals surface area contributed by atoms with E-state index in [0.29, 0.717) is 6.61 Å². The van der Waals surface area contributed by atoms with E-state index in [1.165, 1.54) is 0 Å². The number of nitrogens with one attached hydrogen (secondary N) is 1. The quantitative estimate of drug-likeness (QED) is 0.867. The summed E-state index contributed by atoms with van der Waals surface area (Å²) in [4.78, 5) is 7.49. The van der Waals surface area contributed by atoms with Crippen molar-refractivity contribution in [3.05, 3.63) is 6.33 Å². The first-order valence-electron chi connectivity index (χ1n) is 5.48. The fourth-order valence-electron chi connectivity index (χ4n) is 1.56. The Morgan fingerprint density at radius 2 is 2.11 bits per heavy atom. The summed E-state index contributed by atoms with van der Waals surface area (Å²) < 4.78 is 43.5. The van der Waals surface area contributed by atoms with Crippen LogP contribution < -0.4 is 15.8 Å². The number of alkyl halides is 3. The molecule has 0 amide bonds. The van der Waals surface area contributed by atoms with Gasteiger partial charge < -0.3 is 15.8 Å². The molecule has 100 valence electrons. The van der Waals surface area contributed by atoms with Crippen LogP contribution in [0.4, 0.5) is 24.7 Å². The van der Waals surface area contributed by atoms with Gasteiger partial charge in [0.25, 0.3) is 0 Å². The summed E-state index contributed by atoms with van der Waals surface area (Å²) in [5, 5.41) is 2.36. The van der Waals surface area contributed by atoms with Crippen LogP contribution in [0.25, 0.3) is 0 Å². The van der Waals surface area contributed by atoms with Crippen molar-refractivity contribution in [1.29, 1.82) is 0 Å². The van der Waals surface area contributed by atoms with E-state index in [1.807, 2.05) is 0 Å². The lowest BCUT2D eigenvalue weighted by atomic mass is 10.2. The molecule has 0 unspecified atom stereocenters. The van der Waals surface area contributed by atoms with Crippen molar-refractivity contribution in [2.75, 3.05) is 17.7 Å². The van der Waals surface area contributed by atoms with Gasteiger partial charge >= 0.3 is 6.18 Å². The van der Waals surface area contributed by atoms with Crippen LogP contribution in [0, 0.1) is 0 Å². The number of nitrogen functional groups attached to an aromatic ring is 1. The van der Waals surface area contributed by atoms with Gasteiger partial charge in [0.2, 0.25) is 5.88 Å². The molecule has 5 nitrogen and oxygen atoms in total. The molecular formula is C10H13F3N4O. The molecule has 0 spiro atoms. The van der Waals surface area contributed by atoms with Crippen LogP contribution in [0.5, 0.6) is 5.88 Å². The number of rotatable bonds is 4. The van der Waals surface area contributed by atoms with Gasteiger partial charge in [-0.3, -0.25) is 0 Å². The number of nitrogens with zero attached hydrogens (tertiary/aromatic N) is 2. The highest BCUT2D eigenvalue weighted by Gasteiger charge is 2.64. The molecule has 1 heterocycles. The van der Waals surface area contributed by atoms with Crippen LogP contribution in [0.3, 0.4) is 0 Å². The Morgan fingerprint density at radius 3 is 2.61 bits per heavy atom. The number of anilines is 2. The van der Waals surface area contributed by atoms with E-state index >= 15 is 0 Å². The second-order valence-electron chi connectivity index (χ2n) is 4.08. The van der Waals surface area contributed by atoms with Gasteiger partial charge in [0, 0.05) is 0 Å². The largest absolute Gasteiger partial charge is 0.476 e. The zero-order valence-corrected chi connectivity index (χ0v) is 9.71. The van der Waals surface area contributed by atoms with Crippen LogP contribution in [0.15, 0.2) is 6.33 Å². The topological polar surface area (TPSA) is 73.1 Å². The molecule has 0 aromatic carbocycles. The van der Waals surface area contributed by atoms with E-state index < -0.39 is 11.7 Å². The SMILES string of the molecule is CCOc1ncnc(NC2(C(F)(F)F)CC2)c1N. The molecule has 0 aliphatic heterocycles. The number of halogens is 3. The lowest BCUT2D eigenvalue weighted by Gasteiger charge is -2.22. The highest BCUT2D eigenvalue weighted by atomic mass is 19.4. The van der Waals surface area contributed by atoms with Crippen LogP contribution >= 0.6 is 0 Å². The fraction of sp³-hybridized carbons (Fsp3) is 0.600. The first-order chi connectivity index (χ1) is 8.39. The van der Waals surface area contributed by atoms with Crippen LogP contribution in [0.1, 0.15) is 19.8 Å². The van der Waals surface area contributed by atoms with Gasteiger partial charge in [-0.15, -0.1) is 0 Å². The minimum atomic E-state index is -4.32. The molecule has 0 saturated heterocycles. The highest BCUT2D eigenvalue weighted by Crippen LogP contribution is 2.51. The molecule has 8 heteroatoms. The number of hydrogen-bond donors (Lipinski definition) is 2. The molecule has 0 radical (unpaired) electrons. The van der Waals surface area contributed by atoms with Gasteiger partial charge in [-0.1, -0.05) is 0 Å². The Hall–Kier alpha value is -1.73. The molecule has 2 rings (SSSR count). The first-order valence-corrected chi connectivity index (χ1v) is 5.48. The monoisotopic (exact) mass is 262 g/mol. The van der Waals surface area contributed by atoms with Crippen LogP contribution in [-0.4, -0.2) is 28.3 Å². The lowest BCUT2D eigenvalue weighted by molar-refractivity contribution is -0.151. The van der Waals surface area contributed by atoms with E-state index in [1.54, 1.807) is 6.92 Å². The second-order valence-corrected chi connectivity index (χ2v) is 4.08. The number of ether oxygens (including phenoxy) is 1. The lowest BCUT2D eigenvalue weighted by Crippen LogP contribution is -2.39. The van der Waals surface area contributed by atoms with Crippen molar-refractivity contribution >= 4 is 11.5 Å². The zero-order valence-electron chi connectivity index (χ0n) is 9.71.